The zero-order valence-electron chi connectivity index (χ0n) is 13.2. The molecule has 0 radical (unpaired) electrons. The van der Waals surface area contributed by atoms with Crippen molar-refractivity contribution in [3.8, 4) is 0 Å². The van der Waals surface area contributed by atoms with E-state index in [-0.39, 0.29) is 12.3 Å². The molecule has 1 saturated carbocycles. The maximum absolute atomic E-state index is 6.17. The van der Waals surface area contributed by atoms with Crippen LogP contribution in [0.25, 0.3) is 0 Å². The molecule has 0 aromatic rings. The standard InChI is InChI=1S/C16H30N2.2H3N/c17-12-11-16(9-5-2-6-10-16)15(13-18)14-7-3-1-4-8-14;;/h7,15H,1-6,8-13,17-18H2;2*1H3. The summed E-state index contributed by atoms with van der Waals surface area (Å²) in [5.41, 5.74) is 14.2. The molecule has 20 heavy (non-hydrogen) atoms. The average Bonchev–Trinajstić information content (AvgIpc) is 2.42. The molecular weight excluding hydrogens is 248 g/mol. The summed E-state index contributed by atoms with van der Waals surface area (Å²) in [7, 11) is 0. The van der Waals surface area contributed by atoms with E-state index in [1.165, 1.54) is 64.2 Å². The molecule has 1 fully saturated rings. The Balaban J connectivity index is 0.00000180. The zero-order valence-corrected chi connectivity index (χ0v) is 13.2. The van der Waals surface area contributed by atoms with Crippen molar-refractivity contribution in [2.75, 3.05) is 13.1 Å². The van der Waals surface area contributed by atoms with Crippen LogP contribution in [0.5, 0.6) is 0 Å². The van der Waals surface area contributed by atoms with E-state index in [2.05, 4.69) is 6.08 Å². The molecule has 2 aliphatic carbocycles. The van der Waals surface area contributed by atoms with Gasteiger partial charge in [-0.2, -0.15) is 0 Å². The summed E-state index contributed by atoms with van der Waals surface area (Å²) in [6.07, 6.45) is 15.8. The lowest BCUT2D eigenvalue weighted by molar-refractivity contribution is 0.109. The van der Waals surface area contributed by atoms with Gasteiger partial charge in [0.15, 0.2) is 0 Å². The summed E-state index contributed by atoms with van der Waals surface area (Å²) in [5.74, 6) is 0.613. The molecule has 1 atom stereocenters. The van der Waals surface area contributed by atoms with Gasteiger partial charge in [-0.25, -0.2) is 0 Å². The second kappa shape index (κ2) is 9.50. The van der Waals surface area contributed by atoms with Crippen LogP contribution in [0.3, 0.4) is 0 Å². The van der Waals surface area contributed by atoms with Gasteiger partial charge in [-0.3, -0.25) is 0 Å². The second-order valence-corrected chi connectivity index (χ2v) is 6.27. The van der Waals surface area contributed by atoms with Gasteiger partial charge in [-0.1, -0.05) is 30.9 Å². The van der Waals surface area contributed by atoms with Crippen molar-refractivity contribution in [1.29, 1.82) is 0 Å². The molecule has 0 aliphatic heterocycles. The Bertz CT molecular complexity index is 277. The highest BCUT2D eigenvalue weighted by Gasteiger charge is 2.39. The molecule has 0 saturated heterocycles. The van der Waals surface area contributed by atoms with E-state index in [4.69, 9.17) is 11.5 Å². The molecular formula is C16H36N4. The van der Waals surface area contributed by atoms with Gasteiger partial charge in [-0.05, 0) is 69.4 Å². The highest BCUT2D eigenvalue weighted by Crippen LogP contribution is 2.48. The minimum absolute atomic E-state index is 0. The maximum Gasteiger partial charge on any atom is -0.000614 e. The summed E-state index contributed by atoms with van der Waals surface area (Å²) in [6.45, 7) is 1.65. The van der Waals surface area contributed by atoms with Gasteiger partial charge in [0, 0.05) is 0 Å². The van der Waals surface area contributed by atoms with Crippen molar-refractivity contribution < 1.29 is 0 Å². The Morgan fingerprint density at radius 1 is 1.00 bits per heavy atom. The summed E-state index contributed by atoms with van der Waals surface area (Å²) >= 11 is 0. The SMILES string of the molecule is N.N.NCCC1(C(CN)C2=CCCCC2)CCCCC1. The summed E-state index contributed by atoms with van der Waals surface area (Å²) in [5, 5.41) is 0. The lowest BCUT2D eigenvalue weighted by Gasteiger charge is -2.45. The van der Waals surface area contributed by atoms with Gasteiger partial charge in [0.2, 0.25) is 0 Å². The van der Waals surface area contributed by atoms with Crippen molar-refractivity contribution in [2.24, 2.45) is 22.8 Å². The minimum Gasteiger partial charge on any atom is -0.344 e. The Labute approximate surface area is 124 Å². The fourth-order valence-electron chi connectivity index (χ4n) is 4.29. The van der Waals surface area contributed by atoms with Gasteiger partial charge in [0.05, 0.1) is 0 Å². The molecule has 4 heteroatoms. The smallest absolute Gasteiger partial charge is 0.000614 e. The third kappa shape index (κ3) is 4.29. The molecule has 0 spiro atoms. The van der Waals surface area contributed by atoms with Crippen LogP contribution in [-0.2, 0) is 0 Å². The summed E-state index contributed by atoms with van der Waals surface area (Å²) in [4.78, 5) is 0. The van der Waals surface area contributed by atoms with Crippen LogP contribution in [0, 0.1) is 11.3 Å². The maximum atomic E-state index is 6.17. The Kier molecular flexibility index (Phi) is 9.30. The van der Waals surface area contributed by atoms with Crippen LogP contribution in [0.1, 0.15) is 64.2 Å². The number of hydrogen-bond donors (Lipinski definition) is 4. The monoisotopic (exact) mass is 284 g/mol. The first kappa shape index (κ1) is 19.6. The zero-order chi connectivity index (χ0) is 12.8. The lowest BCUT2D eigenvalue weighted by Crippen LogP contribution is -2.40. The predicted octanol–water partition coefficient (Wildman–Crippen LogP) is 3.69. The van der Waals surface area contributed by atoms with Gasteiger partial charge in [0.1, 0.15) is 0 Å². The van der Waals surface area contributed by atoms with Crippen LogP contribution in [0.15, 0.2) is 11.6 Å². The molecule has 0 heterocycles. The van der Waals surface area contributed by atoms with Gasteiger partial charge in [-0.15, -0.1) is 0 Å². The molecule has 10 N–H and O–H groups in total. The van der Waals surface area contributed by atoms with Crippen molar-refractivity contribution >= 4 is 0 Å². The highest BCUT2D eigenvalue weighted by atomic mass is 14.6. The first-order chi connectivity index (χ1) is 8.82. The van der Waals surface area contributed by atoms with E-state index in [0.29, 0.717) is 11.3 Å². The minimum atomic E-state index is 0. The molecule has 0 amide bonds. The molecule has 2 aliphatic rings. The lowest BCUT2D eigenvalue weighted by atomic mass is 9.61. The van der Waals surface area contributed by atoms with E-state index >= 15 is 0 Å². The van der Waals surface area contributed by atoms with Crippen molar-refractivity contribution in [3.05, 3.63) is 11.6 Å². The quantitative estimate of drug-likeness (QED) is 0.575. The van der Waals surface area contributed by atoms with Crippen LogP contribution < -0.4 is 23.8 Å². The number of rotatable bonds is 5. The second-order valence-electron chi connectivity index (χ2n) is 6.27. The third-order valence-corrected chi connectivity index (χ3v) is 5.24. The van der Waals surface area contributed by atoms with Crippen molar-refractivity contribution in [2.45, 2.75) is 64.2 Å². The number of hydrogen-bond acceptors (Lipinski definition) is 4. The van der Waals surface area contributed by atoms with Crippen molar-refractivity contribution in [1.82, 2.24) is 12.3 Å². The molecule has 1 unspecified atom stereocenters. The summed E-state index contributed by atoms with van der Waals surface area (Å²) < 4.78 is 0. The normalized spacial score (nSPS) is 23.0. The number of allylic oxidation sites excluding steroid dienone is 1. The van der Waals surface area contributed by atoms with E-state index in [1.54, 1.807) is 5.57 Å². The largest absolute Gasteiger partial charge is 0.344 e. The van der Waals surface area contributed by atoms with Crippen LogP contribution >= 0.6 is 0 Å². The van der Waals surface area contributed by atoms with E-state index in [0.717, 1.165) is 13.1 Å². The Hall–Kier alpha value is -0.420. The number of nitrogens with two attached hydrogens (primary N) is 2. The molecule has 0 aromatic heterocycles. The van der Waals surface area contributed by atoms with E-state index in [1.807, 2.05) is 0 Å². The Morgan fingerprint density at radius 2 is 1.70 bits per heavy atom. The molecule has 0 aromatic carbocycles. The Morgan fingerprint density at radius 3 is 2.20 bits per heavy atom. The van der Waals surface area contributed by atoms with Crippen molar-refractivity contribution in [3.63, 3.8) is 0 Å². The first-order valence-corrected chi connectivity index (χ1v) is 7.91. The highest BCUT2D eigenvalue weighted by molar-refractivity contribution is 5.15. The fourth-order valence-corrected chi connectivity index (χ4v) is 4.29. The van der Waals surface area contributed by atoms with Gasteiger partial charge >= 0.3 is 0 Å². The van der Waals surface area contributed by atoms with E-state index in [9.17, 15) is 0 Å². The molecule has 2 rings (SSSR count). The topological polar surface area (TPSA) is 122 Å². The van der Waals surface area contributed by atoms with Gasteiger partial charge < -0.3 is 23.8 Å². The van der Waals surface area contributed by atoms with Crippen LogP contribution in [0.2, 0.25) is 0 Å². The fraction of sp³-hybridized carbons (Fsp3) is 0.875. The third-order valence-electron chi connectivity index (χ3n) is 5.24. The average molecular weight is 284 g/mol. The molecule has 120 valence electrons. The summed E-state index contributed by atoms with van der Waals surface area (Å²) in [6, 6.07) is 0. The predicted molar refractivity (Wildman–Crippen MR) is 88.3 cm³/mol. The van der Waals surface area contributed by atoms with E-state index < -0.39 is 0 Å². The molecule has 4 nitrogen and oxygen atoms in total. The van der Waals surface area contributed by atoms with Gasteiger partial charge in [0.25, 0.3) is 0 Å². The first-order valence-electron chi connectivity index (χ1n) is 7.91. The van der Waals surface area contributed by atoms with Crippen LogP contribution in [-0.4, -0.2) is 13.1 Å². The molecule has 0 bridgehead atoms. The van der Waals surface area contributed by atoms with Crippen LogP contribution in [0.4, 0.5) is 0 Å².